The van der Waals surface area contributed by atoms with E-state index in [1.807, 2.05) is 53.2 Å². The first kappa shape index (κ1) is 27.3. The van der Waals surface area contributed by atoms with Gasteiger partial charge in [-0.05, 0) is 72.5 Å². The molecule has 2 heterocycles. The second kappa shape index (κ2) is 11.8. The number of H-pyrrole nitrogens is 1. The van der Waals surface area contributed by atoms with E-state index < -0.39 is 6.04 Å². The van der Waals surface area contributed by atoms with Gasteiger partial charge in [-0.15, -0.1) is 5.10 Å². The maximum absolute atomic E-state index is 13.8. The van der Waals surface area contributed by atoms with E-state index in [1.165, 1.54) is 5.56 Å². The van der Waals surface area contributed by atoms with Crippen molar-refractivity contribution in [3.8, 4) is 5.75 Å². The number of benzene rings is 3. The standard InChI is InChI=1S/C32H36N6O2/c1-5-32(2,3)38-30(34-35-36-38)29(27-21-25-20-26(40-4)16-17-28(25)33-31(27)39)37(22-24-14-10-7-11-15-24)19-18-23-12-8-6-9-13-23/h6-17,20-21,29H,5,18-19,22H2,1-4H3,(H,33,39)/t29-/m0/s1. The summed E-state index contributed by atoms with van der Waals surface area (Å²) in [6.07, 6.45) is 1.63. The highest BCUT2D eigenvalue weighted by Crippen LogP contribution is 2.32. The smallest absolute Gasteiger partial charge is 0.253 e. The summed E-state index contributed by atoms with van der Waals surface area (Å²) >= 11 is 0. The molecule has 0 fully saturated rings. The molecular formula is C32H36N6O2. The highest BCUT2D eigenvalue weighted by molar-refractivity contribution is 5.80. The minimum absolute atomic E-state index is 0.163. The second-order valence-electron chi connectivity index (χ2n) is 10.7. The van der Waals surface area contributed by atoms with Crippen molar-refractivity contribution in [2.75, 3.05) is 13.7 Å². The van der Waals surface area contributed by atoms with Crippen LogP contribution in [-0.4, -0.2) is 43.7 Å². The van der Waals surface area contributed by atoms with Gasteiger partial charge >= 0.3 is 0 Å². The van der Waals surface area contributed by atoms with Gasteiger partial charge in [-0.1, -0.05) is 67.6 Å². The van der Waals surface area contributed by atoms with Crippen molar-refractivity contribution in [1.82, 2.24) is 30.1 Å². The Morgan fingerprint density at radius 1 is 0.975 bits per heavy atom. The van der Waals surface area contributed by atoms with Crippen molar-refractivity contribution in [3.63, 3.8) is 0 Å². The third-order valence-electron chi connectivity index (χ3n) is 7.68. The molecule has 3 aromatic carbocycles. The normalized spacial score (nSPS) is 12.6. The highest BCUT2D eigenvalue weighted by atomic mass is 16.5. The third-order valence-corrected chi connectivity index (χ3v) is 7.68. The molecule has 8 nitrogen and oxygen atoms in total. The molecular weight excluding hydrogens is 500 g/mol. The van der Waals surface area contributed by atoms with Crippen LogP contribution in [0.2, 0.25) is 0 Å². The fraction of sp³-hybridized carbons (Fsp3) is 0.312. The van der Waals surface area contributed by atoms with E-state index in [2.05, 4.69) is 82.6 Å². The topological polar surface area (TPSA) is 88.9 Å². The summed E-state index contributed by atoms with van der Waals surface area (Å²) in [6.45, 7) is 7.66. The average molecular weight is 537 g/mol. The number of ether oxygens (including phenoxy) is 1. The lowest BCUT2D eigenvalue weighted by Gasteiger charge is -2.33. The predicted octanol–water partition coefficient (Wildman–Crippen LogP) is 5.50. The van der Waals surface area contributed by atoms with Crippen molar-refractivity contribution in [2.45, 2.75) is 51.7 Å². The first-order valence-corrected chi connectivity index (χ1v) is 13.7. The Bertz CT molecular complexity index is 1610. The second-order valence-corrected chi connectivity index (χ2v) is 10.7. The number of tetrazole rings is 1. The van der Waals surface area contributed by atoms with Crippen LogP contribution in [0, 0.1) is 0 Å². The maximum Gasteiger partial charge on any atom is 0.253 e. The maximum atomic E-state index is 13.8. The summed E-state index contributed by atoms with van der Waals surface area (Å²) in [6, 6.07) is 27.8. The molecule has 0 amide bonds. The van der Waals surface area contributed by atoms with Crippen molar-refractivity contribution >= 4 is 10.9 Å². The van der Waals surface area contributed by atoms with Gasteiger partial charge in [-0.25, -0.2) is 4.68 Å². The lowest BCUT2D eigenvalue weighted by atomic mass is 9.98. The van der Waals surface area contributed by atoms with E-state index in [4.69, 9.17) is 4.74 Å². The minimum atomic E-state index is -0.496. The molecule has 0 unspecified atom stereocenters. The molecule has 5 aromatic rings. The number of methoxy groups -OCH3 is 1. The Labute approximate surface area is 234 Å². The molecule has 0 saturated carbocycles. The number of fused-ring (bicyclic) bond motifs is 1. The van der Waals surface area contributed by atoms with Crippen molar-refractivity contribution in [1.29, 1.82) is 0 Å². The van der Waals surface area contributed by atoms with Crippen LogP contribution in [0.1, 0.15) is 55.7 Å². The number of aromatic amines is 1. The zero-order chi connectivity index (χ0) is 28.1. The van der Waals surface area contributed by atoms with Gasteiger partial charge in [0.15, 0.2) is 5.82 Å². The Kier molecular flexibility index (Phi) is 8.07. The molecule has 0 aliphatic rings. The predicted molar refractivity (Wildman–Crippen MR) is 157 cm³/mol. The van der Waals surface area contributed by atoms with Gasteiger partial charge in [0.25, 0.3) is 5.56 Å². The first-order chi connectivity index (χ1) is 19.4. The molecule has 8 heteroatoms. The summed E-state index contributed by atoms with van der Waals surface area (Å²) in [4.78, 5) is 19.2. The summed E-state index contributed by atoms with van der Waals surface area (Å²) in [7, 11) is 1.64. The van der Waals surface area contributed by atoms with E-state index in [0.717, 1.165) is 35.1 Å². The fourth-order valence-corrected chi connectivity index (χ4v) is 5.01. The third kappa shape index (κ3) is 5.82. The van der Waals surface area contributed by atoms with Gasteiger partial charge in [-0.2, -0.15) is 0 Å². The van der Waals surface area contributed by atoms with Gasteiger partial charge < -0.3 is 9.72 Å². The van der Waals surface area contributed by atoms with E-state index in [9.17, 15) is 4.79 Å². The van der Waals surface area contributed by atoms with Crippen molar-refractivity contribution in [2.24, 2.45) is 0 Å². The minimum Gasteiger partial charge on any atom is -0.497 e. The highest BCUT2D eigenvalue weighted by Gasteiger charge is 2.34. The molecule has 0 saturated heterocycles. The molecule has 206 valence electrons. The molecule has 0 bridgehead atoms. The van der Waals surface area contributed by atoms with E-state index in [-0.39, 0.29) is 11.1 Å². The Morgan fingerprint density at radius 3 is 2.35 bits per heavy atom. The molecule has 0 aliphatic carbocycles. The number of nitrogens with zero attached hydrogens (tertiary/aromatic N) is 5. The van der Waals surface area contributed by atoms with Crippen LogP contribution in [0.3, 0.4) is 0 Å². The number of hydrogen-bond donors (Lipinski definition) is 1. The molecule has 0 radical (unpaired) electrons. The monoisotopic (exact) mass is 536 g/mol. The lowest BCUT2D eigenvalue weighted by Crippen LogP contribution is -2.39. The number of hydrogen-bond acceptors (Lipinski definition) is 6. The number of nitrogens with one attached hydrogen (secondary N) is 1. The SMILES string of the molecule is CCC(C)(C)n1nnnc1[C@H](c1cc2cc(OC)ccc2[nH]c1=O)N(CCc1ccccc1)Cc1ccccc1. The lowest BCUT2D eigenvalue weighted by molar-refractivity contribution is 0.190. The first-order valence-electron chi connectivity index (χ1n) is 13.7. The molecule has 2 aromatic heterocycles. The Hall–Kier alpha value is -4.30. The van der Waals surface area contributed by atoms with Crippen molar-refractivity contribution < 1.29 is 4.74 Å². The Balaban J connectivity index is 1.69. The van der Waals surface area contributed by atoms with Crippen LogP contribution < -0.4 is 10.3 Å². The number of rotatable bonds is 11. The van der Waals surface area contributed by atoms with E-state index >= 15 is 0 Å². The zero-order valence-corrected chi connectivity index (χ0v) is 23.5. The summed E-state index contributed by atoms with van der Waals surface area (Å²) in [5.74, 6) is 1.37. The van der Waals surface area contributed by atoms with Crippen LogP contribution in [0.25, 0.3) is 10.9 Å². The van der Waals surface area contributed by atoms with Crippen LogP contribution in [0.4, 0.5) is 0 Å². The summed E-state index contributed by atoms with van der Waals surface area (Å²) in [5, 5.41) is 14.0. The van der Waals surface area contributed by atoms with Crippen molar-refractivity contribution in [3.05, 3.63) is 118 Å². The number of aromatic nitrogens is 5. The number of pyridine rings is 1. The average Bonchev–Trinajstić information content (AvgIpc) is 3.47. The van der Waals surface area contributed by atoms with Gasteiger partial charge in [0.1, 0.15) is 11.8 Å². The summed E-state index contributed by atoms with van der Waals surface area (Å²) < 4.78 is 7.36. The fourth-order valence-electron chi connectivity index (χ4n) is 5.01. The quantitative estimate of drug-likeness (QED) is 0.240. The molecule has 1 N–H and O–H groups in total. The van der Waals surface area contributed by atoms with Gasteiger partial charge in [0.05, 0.1) is 12.6 Å². The zero-order valence-electron chi connectivity index (χ0n) is 23.5. The van der Waals surface area contributed by atoms with E-state index in [1.54, 1.807) is 7.11 Å². The molecule has 40 heavy (non-hydrogen) atoms. The Morgan fingerprint density at radius 2 is 1.68 bits per heavy atom. The van der Waals surface area contributed by atoms with Gasteiger partial charge in [0.2, 0.25) is 0 Å². The molecule has 0 aliphatic heterocycles. The van der Waals surface area contributed by atoms with E-state index in [0.29, 0.717) is 24.5 Å². The van der Waals surface area contributed by atoms with Gasteiger partial charge in [0, 0.05) is 29.6 Å². The summed E-state index contributed by atoms with van der Waals surface area (Å²) in [5.41, 5.74) is 3.21. The van der Waals surface area contributed by atoms with Crippen LogP contribution in [-0.2, 0) is 18.5 Å². The molecule has 0 spiro atoms. The van der Waals surface area contributed by atoms with Crippen LogP contribution in [0.15, 0.2) is 89.7 Å². The van der Waals surface area contributed by atoms with Gasteiger partial charge in [-0.3, -0.25) is 9.69 Å². The largest absolute Gasteiger partial charge is 0.497 e. The van der Waals surface area contributed by atoms with Crippen LogP contribution in [0.5, 0.6) is 5.75 Å². The van der Waals surface area contributed by atoms with Crippen LogP contribution >= 0.6 is 0 Å². The molecule has 5 rings (SSSR count). The molecule has 1 atom stereocenters.